The van der Waals surface area contributed by atoms with Gasteiger partial charge in [-0.1, -0.05) is 6.92 Å². The minimum Gasteiger partial charge on any atom is -0.373 e. The number of hydrogen-bond donors (Lipinski definition) is 0. The Morgan fingerprint density at radius 3 is 3.13 bits per heavy atom. The summed E-state index contributed by atoms with van der Waals surface area (Å²) in [5.74, 6) is 0. The molecule has 0 bridgehead atoms. The molecule has 2 unspecified atom stereocenters. The fourth-order valence-electron chi connectivity index (χ4n) is 2.07. The van der Waals surface area contributed by atoms with Crippen LogP contribution in [0, 0.1) is 0 Å². The zero-order chi connectivity index (χ0) is 10.8. The molecule has 1 aliphatic heterocycles. The highest BCUT2D eigenvalue weighted by molar-refractivity contribution is 6.20. The van der Waals surface area contributed by atoms with E-state index in [1.165, 1.54) is 5.56 Å². The van der Waals surface area contributed by atoms with Gasteiger partial charge in [0.15, 0.2) is 0 Å². The van der Waals surface area contributed by atoms with E-state index in [1.807, 2.05) is 11.7 Å². The van der Waals surface area contributed by atoms with Crippen LogP contribution in [0.1, 0.15) is 37.1 Å². The third-order valence-corrected chi connectivity index (χ3v) is 3.24. The minimum absolute atomic E-state index is 0.143. The quantitative estimate of drug-likeness (QED) is 0.727. The molecule has 3 nitrogen and oxygen atoms in total. The lowest BCUT2D eigenvalue weighted by Crippen LogP contribution is -2.20. The number of rotatable bonds is 2. The SMILES string of the molecule is CCc1nn(C)cc1C1CC(Cl)CCO1. The van der Waals surface area contributed by atoms with E-state index in [-0.39, 0.29) is 11.5 Å². The lowest BCUT2D eigenvalue weighted by atomic mass is 10.0. The number of aryl methyl sites for hydroxylation is 2. The molecule has 1 fully saturated rings. The number of ether oxygens (including phenoxy) is 1. The first-order valence-corrected chi connectivity index (χ1v) is 5.92. The van der Waals surface area contributed by atoms with Crippen molar-refractivity contribution >= 4 is 11.6 Å². The van der Waals surface area contributed by atoms with Crippen LogP contribution in [0.4, 0.5) is 0 Å². The molecule has 4 heteroatoms. The predicted octanol–water partition coefficient (Wildman–Crippen LogP) is 2.44. The van der Waals surface area contributed by atoms with Crippen molar-refractivity contribution in [3.05, 3.63) is 17.5 Å². The summed E-state index contributed by atoms with van der Waals surface area (Å²) in [6.45, 7) is 2.88. The zero-order valence-corrected chi connectivity index (χ0v) is 10.00. The molecule has 2 atom stereocenters. The first-order valence-electron chi connectivity index (χ1n) is 5.48. The van der Waals surface area contributed by atoms with Crippen LogP contribution in [0.3, 0.4) is 0 Å². The van der Waals surface area contributed by atoms with Gasteiger partial charge < -0.3 is 4.74 Å². The van der Waals surface area contributed by atoms with Gasteiger partial charge in [-0.2, -0.15) is 5.10 Å². The monoisotopic (exact) mass is 228 g/mol. The molecule has 2 heterocycles. The van der Waals surface area contributed by atoms with Crippen LogP contribution >= 0.6 is 11.6 Å². The first kappa shape index (κ1) is 11.0. The summed E-state index contributed by atoms with van der Waals surface area (Å²) >= 11 is 6.16. The van der Waals surface area contributed by atoms with E-state index >= 15 is 0 Å². The van der Waals surface area contributed by atoms with Crippen molar-refractivity contribution in [1.29, 1.82) is 0 Å². The van der Waals surface area contributed by atoms with Gasteiger partial charge in [0.05, 0.1) is 11.8 Å². The molecule has 0 amide bonds. The van der Waals surface area contributed by atoms with Gasteiger partial charge in [-0.15, -0.1) is 11.6 Å². The van der Waals surface area contributed by atoms with Crippen molar-refractivity contribution in [2.24, 2.45) is 7.05 Å². The van der Waals surface area contributed by atoms with Crippen molar-refractivity contribution in [2.45, 2.75) is 37.7 Å². The number of nitrogens with zero attached hydrogens (tertiary/aromatic N) is 2. The molecule has 0 aliphatic carbocycles. The Hall–Kier alpha value is -0.540. The van der Waals surface area contributed by atoms with Crippen LogP contribution in [0.15, 0.2) is 6.20 Å². The fourth-order valence-corrected chi connectivity index (χ4v) is 2.32. The predicted molar refractivity (Wildman–Crippen MR) is 60.2 cm³/mol. The molecule has 15 heavy (non-hydrogen) atoms. The van der Waals surface area contributed by atoms with Gasteiger partial charge in [-0.25, -0.2) is 0 Å². The maximum Gasteiger partial charge on any atom is 0.0872 e. The Morgan fingerprint density at radius 1 is 1.67 bits per heavy atom. The molecule has 0 spiro atoms. The van der Waals surface area contributed by atoms with Gasteiger partial charge in [-0.05, 0) is 19.3 Å². The van der Waals surface area contributed by atoms with E-state index in [4.69, 9.17) is 16.3 Å². The normalized spacial score (nSPS) is 26.9. The number of aromatic nitrogens is 2. The molecular weight excluding hydrogens is 212 g/mol. The molecular formula is C11H17ClN2O. The van der Waals surface area contributed by atoms with E-state index in [0.717, 1.165) is 31.6 Å². The highest BCUT2D eigenvalue weighted by Crippen LogP contribution is 2.32. The molecule has 0 N–H and O–H groups in total. The van der Waals surface area contributed by atoms with Crippen LogP contribution in [-0.4, -0.2) is 21.8 Å². The lowest BCUT2D eigenvalue weighted by molar-refractivity contribution is 0.0163. The molecule has 84 valence electrons. The molecule has 1 aromatic rings. The Kier molecular flexibility index (Phi) is 3.32. The summed E-state index contributed by atoms with van der Waals surface area (Å²) in [5, 5.41) is 4.67. The average Bonchev–Trinajstić information content (AvgIpc) is 2.59. The van der Waals surface area contributed by atoms with E-state index in [1.54, 1.807) is 0 Å². The minimum atomic E-state index is 0.143. The Morgan fingerprint density at radius 2 is 2.47 bits per heavy atom. The summed E-state index contributed by atoms with van der Waals surface area (Å²) in [6, 6.07) is 0. The lowest BCUT2D eigenvalue weighted by Gasteiger charge is -2.25. The molecule has 0 saturated carbocycles. The summed E-state index contributed by atoms with van der Waals surface area (Å²) in [4.78, 5) is 0. The second-order valence-corrected chi connectivity index (χ2v) is 4.66. The summed E-state index contributed by atoms with van der Waals surface area (Å²) < 4.78 is 7.61. The first-order chi connectivity index (χ1) is 7.20. The van der Waals surface area contributed by atoms with E-state index in [0.29, 0.717) is 0 Å². The number of hydrogen-bond acceptors (Lipinski definition) is 2. The van der Waals surface area contributed by atoms with Gasteiger partial charge in [0.1, 0.15) is 0 Å². The average molecular weight is 229 g/mol. The van der Waals surface area contributed by atoms with Crippen LogP contribution in [0.25, 0.3) is 0 Å². The standard InChI is InChI=1S/C11H17ClN2O/c1-3-10-9(7-14(2)13-10)11-6-8(12)4-5-15-11/h7-8,11H,3-6H2,1-2H3. The fraction of sp³-hybridized carbons (Fsp3) is 0.727. The molecule has 0 aromatic carbocycles. The van der Waals surface area contributed by atoms with Gasteiger partial charge in [0.25, 0.3) is 0 Å². The van der Waals surface area contributed by atoms with Crippen LogP contribution in [-0.2, 0) is 18.2 Å². The van der Waals surface area contributed by atoms with Crippen LogP contribution in [0.5, 0.6) is 0 Å². The van der Waals surface area contributed by atoms with E-state index < -0.39 is 0 Å². The Bertz CT molecular complexity index is 337. The third-order valence-electron chi connectivity index (χ3n) is 2.84. The van der Waals surface area contributed by atoms with Crippen molar-refractivity contribution in [1.82, 2.24) is 9.78 Å². The second-order valence-electron chi connectivity index (χ2n) is 4.04. The summed E-state index contributed by atoms with van der Waals surface area (Å²) in [7, 11) is 1.95. The highest BCUT2D eigenvalue weighted by atomic mass is 35.5. The maximum absolute atomic E-state index is 6.16. The second kappa shape index (κ2) is 4.54. The zero-order valence-electron chi connectivity index (χ0n) is 9.24. The van der Waals surface area contributed by atoms with Crippen molar-refractivity contribution < 1.29 is 4.74 Å². The van der Waals surface area contributed by atoms with Crippen LogP contribution in [0.2, 0.25) is 0 Å². The van der Waals surface area contributed by atoms with Crippen LogP contribution < -0.4 is 0 Å². The topological polar surface area (TPSA) is 27.1 Å². The molecule has 0 radical (unpaired) electrons. The Labute approximate surface area is 95.4 Å². The summed E-state index contributed by atoms with van der Waals surface area (Å²) in [5.41, 5.74) is 2.35. The largest absolute Gasteiger partial charge is 0.373 e. The number of alkyl halides is 1. The molecule has 2 rings (SSSR count). The van der Waals surface area contributed by atoms with Gasteiger partial charge in [0, 0.05) is 30.8 Å². The third kappa shape index (κ3) is 2.34. The molecule has 1 aliphatic rings. The Balaban J connectivity index is 2.19. The van der Waals surface area contributed by atoms with Gasteiger partial charge in [0.2, 0.25) is 0 Å². The molecule has 1 saturated heterocycles. The van der Waals surface area contributed by atoms with Gasteiger partial charge in [-0.3, -0.25) is 4.68 Å². The number of halogens is 1. The molecule has 1 aromatic heterocycles. The van der Waals surface area contributed by atoms with E-state index in [9.17, 15) is 0 Å². The van der Waals surface area contributed by atoms with Crippen molar-refractivity contribution in [3.8, 4) is 0 Å². The van der Waals surface area contributed by atoms with Crippen molar-refractivity contribution in [3.63, 3.8) is 0 Å². The maximum atomic E-state index is 6.16. The van der Waals surface area contributed by atoms with Gasteiger partial charge >= 0.3 is 0 Å². The van der Waals surface area contributed by atoms with Crippen molar-refractivity contribution in [2.75, 3.05) is 6.61 Å². The summed E-state index contributed by atoms with van der Waals surface area (Å²) in [6.07, 6.45) is 5.01. The van der Waals surface area contributed by atoms with E-state index in [2.05, 4.69) is 18.2 Å². The highest BCUT2D eigenvalue weighted by Gasteiger charge is 2.25. The smallest absolute Gasteiger partial charge is 0.0872 e.